The van der Waals surface area contributed by atoms with Crippen molar-refractivity contribution in [1.29, 1.82) is 0 Å². The Balaban J connectivity index is 3.42. The van der Waals surface area contributed by atoms with Crippen LogP contribution in [0.2, 0.25) is 0 Å². The van der Waals surface area contributed by atoms with Crippen LogP contribution >= 0.6 is 0 Å². The summed E-state index contributed by atoms with van der Waals surface area (Å²) in [7, 11) is 2.56. The van der Waals surface area contributed by atoms with Crippen LogP contribution in [0.15, 0.2) is 6.07 Å². The molecule has 1 aromatic rings. The third-order valence-corrected chi connectivity index (χ3v) is 1.95. The van der Waals surface area contributed by atoms with Crippen molar-refractivity contribution in [2.24, 2.45) is 0 Å². The molecule has 0 aliphatic rings. The molecule has 0 atom stereocenters. The Hall–Kier alpha value is -2.11. The second-order valence-electron chi connectivity index (χ2n) is 3.03. The zero-order valence-corrected chi connectivity index (χ0v) is 9.23. The van der Waals surface area contributed by atoms with Gasteiger partial charge in [-0.3, -0.25) is 4.79 Å². The Morgan fingerprint density at radius 2 is 2.00 bits per heavy atom. The highest BCUT2D eigenvalue weighted by Gasteiger charge is 2.20. The lowest BCUT2D eigenvalue weighted by atomic mass is 10.2. The van der Waals surface area contributed by atoms with Gasteiger partial charge in [0, 0.05) is 6.92 Å². The van der Waals surface area contributed by atoms with Gasteiger partial charge in [0.25, 0.3) is 0 Å². The molecule has 16 heavy (non-hydrogen) atoms. The second-order valence-corrected chi connectivity index (χ2v) is 3.03. The molecular weight excluding hydrogens is 212 g/mol. The molecule has 6 nitrogen and oxygen atoms in total. The summed E-state index contributed by atoms with van der Waals surface area (Å²) in [5.74, 6) is -0.886. The van der Waals surface area contributed by atoms with Crippen molar-refractivity contribution in [3.63, 3.8) is 0 Å². The lowest BCUT2D eigenvalue weighted by Crippen LogP contribution is -2.12. The van der Waals surface area contributed by atoms with Crippen molar-refractivity contribution >= 4 is 17.4 Å². The highest BCUT2D eigenvalue weighted by Crippen LogP contribution is 2.26. The standard InChI is InChI=1S/C10H12N2O4/c1-5(13)7-4-6(11)9(15-2)8(12-7)10(14)16-3/h4H,1-3H3,(H2,11,12). The molecule has 1 heterocycles. The first kappa shape index (κ1) is 12.0. The summed E-state index contributed by atoms with van der Waals surface area (Å²) in [5, 5.41) is 0. The Bertz CT molecular complexity index is 443. The normalized spacial score (nSPS) is 9.69. The minimum absolute atomic E-state index is 0.0960. The van der Waals surface area contributed by atoms with E-state index in [9.17, 15) is 9.59 Å². The zero-order valence-electron chi connectivity index (χ0n) is 9.23. The number of ether oxygens (including phenoxy) is 2. The molecule has 0 aliphatic carbocycles. The van der Waals surface area contributed by atoms with E-state index in [1.807, 2.05) is 0 Å². The highest BCUT2D eigenvalue weighted by molar-refractivity contribution is 5.98. The molecule has 0 bridgehead atoms. The fourth-order valence-corrected chi connectivity index (χ4v) is 1.18. The number of anilines is 1. The summed E-state index contributed by atoms with van der Waals surface area (Å²) in [4.78, 5) is 26.4. The van der Waals surface area contributed by atoms with E-state index < -0.39 is 5.97 Å². The minimum atomic E-state index is -0.702. The average Bonchev–Trinajstić information content (AvgIpc) is 2.26. The topological polar surface area (TPSA) is 91.5 Å². The highest BCUT2D eigenvalue weighted by atomic mass is 16.5. The van der Waals surface area contributed by atoms with Crippen LogP contribution in [0, 0.1) is 0 Å². The summed E-state index contributed by atoms with van der Waals surface area (Å²) in [5.41, 5.74) is 5.80. The molecule has 0 radical (unpaired) electrons. The van der Waals surface area contributed by atoms with Crippen LogP contribution in [-0.2, 0) is 4.74 Å². The smallest absolute Gasteiger partial charge is 0.360 e. The number of esters is 1. The summed E-state index contributed by atoms with van der Waals surface area (Å²) in [6.07, 6.45) is 0. The first-order chi connectivity index (χ1) is 7.51. The van der Waals surface area contributed by atoms with Crippen LogP contribution in [0.3, 0.4) is 0 Å². The molecule has 1 aromatic heterocycles. The number of methoxy groups -OCH3 is 2. The van der Waals surface area contributed by atoms with E-state index >= 15 is 0 Å². The maximum Gasteiger partial charge on any atom is 0.360 e. The van der Waals surface area contributed by atoms with E-state index in [0.29, 0.717) is 0 Å². The molecule has 0 saturated carbocycles. The molecule has 0 aliphatic heterocycles. The molecule has 0 unspecified atom stereocenters. The molecular formula is C10H12N2O4. The molecule has 86 valence electrons. The monoisotopic (exact) mass is 224 g/mol. The van der Waals surface area contributed by atoms with Crippen LogP contribution < -0.4 is 10.5 Å². The van der Waals surface area contributed by atoms with E-state index in [-0.39, 0.29) is 28.6 Å². The van der Waals surface area contributed by atoms with E-state index in [1.54, 1.807) is 0 Å². The minimum Gasteiger partial charge on any atom is -0.492 e. The quantitative estimate of drug-likeness (QED) is 0.599. The number of Topliss-reactive ketones (excluding diaryl/α,β-unsaturated/α-hetero) is 1. The third kappa shape index (κ3) is 2.10. The van der Waals surface area contributed by atoms with Crippen LogP contribution in [0.5, 0.6) is 5.75 Å². The van der Waals surface area contributed by atoms with Crippen LogP contribution in [-0.4, -0.2) is 31.0 Å². The summed E-state index contributed by atoms with van der Waals surface area (Å²) >= 11 is 0. The summed E-state index contributed by atoms with van der Waals surface area (Å²) < 4.78 is 9.45. The first-order valence-electron chi connectivity index (χ1n) is 4.45. The number of ketones is 1. The Morgan fingerprint density at radius 3 is 2.44 bits per heavy atom. The van der Waals surface area contributed by atoms with Crippen LogP contribution in [0.4, 0.5) is 5.69 Å². The molecule has 0 spiro atoms. The molecule has 0 aromatic carbocycles. The number of nitrogens with two attached hydrogens (primary N) is 1. The van der Waals surface area contributed by atoms with Crippen LogP contribution in [0.1, 0.15) is 27.9 Å². The molecule has 0 saturated heterocycles. The first-order valence-corrected chi connectivity index (χ1v) is 4.45. The fourth-order valence-electron chi connectivity index (χ4n) is 1.18. The Kier molecular flexibility index (Phi) is 3.44. The van der Waals surface area contributed by atoms with Gasteiger partial charge in [0.1, 0.15) is 5.69 Å². The van der Waals surface area contributed by atoms with Gasteiger partial charge in [-0.2, -0.15) is 0 Å². The number of hydrogen-bond acceptors (Lipinski definition) is 6. The fraction of sp³-hybridized carbons (Fsp3) is 0.300. The number of rotatable bonds is 3. The average molecular weight is 224 g/mol. The lowest BCUT2D eigenvalue weighted by Gasteiger charge is -2.09. The van der Waals surface area contributed by atoms with Gasteiger partial charge in [-0.05, 0) is 6.07 Å². The summed E-state index contributed by atoms with van der Waals surface area (Å²) in [6, 6.07) is 1.35. The Morgan fingerprint density at radius 1 is 1.38 bits per heavy atom. The number of carbonyl (C=O) groups excluding carboxylic acids is 2. The molecule has 0 amide bonds. The van der Waals surface area contributed by atoms with Gasteiger partial charge in [0.2, 0.25) is 0 Å². The maximum atomic E-state index is 11.4. The van der Waals surface area contributed by atoms with Gasteiger partial charge in [0.05, 0.1) is 19.9 Å². The maximum absolute atomic E-state index is 11.4. The van der Waals surface area contributed by atoms with E-state index in [2.05, 4.69) is 9.72 Å². The van der Waals surface area contributed by atoms with Crippen molar-refractivity contribution in [2.75, 3.05) is 20.0 Å². The number of carbonyl (C=O) groups is 2. The van der Waals surface area contributed by atoms with E-state index in [1.165, 1.54) is 27.2 Å². The second kappa shape index (κ2) is 4.61. The van der Waals surface area contributed by atoms with Crippen LogP contribution in [0.25, 0.3) is 0 Å². The number of nitrogens with zero attached hydrogens (tertiary/aromatic N) is 1. The third-order valence-electron chi connectivity index (χ3n) is 1.95. The van der Waals surface area contributed by atoms with Gasteiger partial charge in [-0.15, -0.1) is 0 Å². The van der Waals surface area contributed by atoms with Crippen molar-refractivity contribution < 1.29 is 19.1 Å². The molecule has 1 rings (SSSR count). The number of hydrogen-bond donors (Lipinski definition) is 1. The number of nitrogen functional groups attached to an aromatic ring is 1. The largest absolute Gasteiger partial charge is 0.492 e. The zero-order chi connectivity index (χ0) is 12.3. The van der Waals surface area contributed by atoms with Gasteiger partial charge in [0.15, 0.2) is 17.2 Å². The van der Waals surface area contributed by atoms with Crippen molar-refractivity contribution in [3.8, 4) is 5.75 Å². The van der Waals surface area contributed by atoms with Crippen molar-refractivity contribution in [3.05, 3.63) is 17.5 Å². The Labute approximate surface area is 92.4 Å². The predicted molar refractivity (Wildman–Crippen MR) is 56.5 cm³/mol. The summed E-state index contributed by atoms with van der Waals surface area (Å²) in [6.45, 7) is 1.33. The van der Waals surface area contributed by atoms with Gasteiger partial charge >= 0.3 is 5.97 Å². The van der Waals surface area contributed by atoms with Crippen molar-refractivity contribution in [1.82, 2.24) is 4.98 Å². The van der Waals surface area contributed by atoms with Gasteiger partial charge < -0.3 is 15.2 Å². The molecule has 0 fully saturated rings. The number of aromatic nitrogens is 1. The van der Waals surface area contributed by atoms with Gasteiger partial charge in [-0.1, -0.05) is 0 Å². The van der Waals surface area contributed by atoms with E-state index in [0.717, 1.165) is 0 Å². The predicted octanol–water partition coefficient (Wildman–Crippen LogP) is 0.662. The van der Waals surface area contributed by atoms with Crippen molar-refractivity contribution in [2.45, 2.75) is 6.92 Å². The molecule has 2 N–H and O–H groups in total. The molecule has 6 heteroatoms. The van der Waals surface area contributed by atoms with Gasteiger partial charge in [-0.25, -0.2) is 9.78 Å². The lowest BCUT2D eigenvalue weighted by molar-refractivity contribution is 0.0590. The van der Waals surface area contributed by atoms with E-state index in [4.69, 9.17) is 10.5 Å². The SMILES string of the molecule is COC(=O)c1nc(C(C)=O)cc(N)c1OC. The number of pyridine rings is 1.